The van der Waals surface area contributed by atoms with Gasteiger partial charge in [0.1, 0.15) is 11.3 Å². The maximum absolute atomic E-state index is 6.36. The van der Waals surface area contributed by atoms with E-state index in [2.05, 4.69) is 59.1 Å². The first-order chi connectivity index (χ1) is 14.0. The van der Waals surface area contributed by atoms with Crippen molar-refractivity contribution in [2.45, 2.75) is 46.2 Å². The second-order valence-electron chi connectivity index (χ2n) is 9.36. The summed E-state index contributed by atoms with van der Waals surface area (Å²) in [6.07, 6.45) is 3.45. The molecular formula is C23H30N6. The van der Waals surface area contributed by atoms with Gasteiger partial charge >= 0.3 is 0 Å². The Morgan fingerprint density at radius 3 is 2.79 bits per heavy atom. The molecule has 1 saturated heterocycles. The first kappa shape index (κ1) is 18.4. The summed E-state index contributed by atoms with van der Waals surface area (Å²) in [5, 5.41) is 9.10. The maximum Gasteiger partial charge on any atom is 0.158 e. The van der Waals surface area contributed by atoms with Crippen molar-refractivity contribution < 1.29 is 0 Å². The molecule has 6 nitrogen and oxygen atoms in total. The van der Waals surface area contributed by atoms with Crippen molar-refractivity contribution in [3.05, 3.63) is 47.2 Å². The van der Waals surface area contributed by atoms with Gasteiger partial charge in [-0.25, -0.2) is 4.98 Å². The Kier molecular flexibility index (Phi) is 4.46. The molecule has 0 unspecified atom stereocenters. The zero-order valence-corrected chi connectivity index (χ0v) is 17.4. The van der Waals surface area contributed by atoms with Crippen LogP contribution in [0.25, 0.3) is 10.9 Å². The Morgan fingerprint density at radius 2 is 2.00 bits per heavy atom. The summed E-state index contributed by atoms with van der Waals surface area (Å²) in [4.78, 5) is 9.67. The number of nitrogen functional groups attached to an aromatic ring is 1. The van der Waals surface area contributed by atoms with E-state index in [-0.39, 0.29) is 0 Å². The molecule has 1 aromatic carbocycles. The smallest absolute Gasteiger partial charge is 0.158 e. The summed E-state index contributed by atoms with van der Waals surface area (Å²) in [5.41, 5.74) is 11.3. The minimum Gasteiger partial charge on any atom is -0.382 e. The molecule has 3 aromatic rings. The van der Waals surface area contributed by atoms with Gasteiger partial charge in [0, 0.05) is 32.7 Å². The topological polar surface area (TPSA) is 74.1 Å². The largest absolute Gasteiger partial charge is 0.382 e. The average molecular weight is 391 g/mol. The summed E-state index contributed by atoms with van der Waals surface area (Å²) in [6.45, 7) is 9.59. The summed E-state index contributed by atoms with van der Waals surface area (Å²) in [5.74, 6) is 1.63. The number of H-pyrrole nitrogens is 1. The van der Waals surface area contributed by atoms with Gasteiger partial charge in [-0.05, 0) is 35.8 Å². The van der Waals surface area contributed by atoms with E-state index in [0.717, 1.165) is 56.2 Å². The van der Waals surface area contributed by atoms with E-state index in [1.54, 1.807) is 0 Å². The lowest BCUT2D eigenvalue weighted by molar-refractivity contribution is 0.242. The van der Waals surface area contributed by atoms with Crippen molar-refractivity contribution in [1.82, 2.24) is 20.1 Å². The van der Waals surface area contributed by atoms with E-state index in [0.29, 0.717) is 11.2 Å². The van der Waals surface area contributed by atoms with Crippen molar-refractivity contribution in [3.63, 3.8) is 0 Å². The molecule has 0 aliphatic carbocycles. The van der Waals surface area contributed by atoms with Crippen molar-refractivity contribution >= 4 is 22.5 Å². The van der Waals surface area contributed by atoms with Crippen LogP contribution in [0.1, 0.15) is 43.5 Å². The summed E-state index contributed by atoms with van der Waals surface area (Å²) in [6, 6.07) is 10.6. The molecule has 6 heteroatoms. The normalized spacial score (nSPS) is 19.4. The van der Waals surface area contributed by atoms with Crippen LogP contribution in [0.2, 0.25) is 0 Å². The van der Waals surface area contributed by atoms with Gasteiger partial charge in [-0.2, -0.15) is 5.10 Å². The lowest BCUT2D eigenvalue weighted by Gasteiger charge is -2.38. The van der Waals surface area contributed by atoms with Crippen LogP contribution < -0.4 is 10.6 Å². The van der Waals surface area contributed by atoms with Gasteiger partial charge in [-0.1, -0.05) is 44.2 Å². The SMILES string of the molecule is CC1(C)CCCN(c2n[nH]c3c(N)nc4c(c23)CCN(Cc2ccccc2)C4)C1. The van der Waals surface area contributed by atoms with Gasteiger partial charge in [0.2, 0.25) is 0 Å². The van der Waals surface area contributed by atoms with E-state index >= 15 is 0 Å². The molecule has 29 heavy (non-hydrogen) atoms. The predicted octanol–water partition coefficient (Wildman–Crippen LogP) is 3.72. The molecular weight excluding hydrogens is 360 g/mol. The van der Waals surface area contributed by atoms with Crippen LogP contribution in [-0.4, -0.2) is 39.7 Å². The number of nitrogens with two attached hydrogens (primary N) is 1. The second kappa shape index (κ2) is 7.02. The summed E-state index contributed by atoms with van der Waals surface area (Å²) in [7, 11) is 0. The zero-order chi connectivity index (χ0) is 20.0. The highest BCUT2D eigenvalue weighted by atomic mass is 15.3. The summed E-state index contributed by atoms with van der Waals surface area (Å²) < 4.78 is 0. The predicted molar refractivity (Wildman–Crippen MR) is 118 cm³/mol. The van der Waals surface area contributed by atoms with E-state index in [1.807, 2.05) is 0 Å². The number of benzene rings is 1. The number of anilines is 2. The molecule has 3 N–H and O–H groups in total. The highest BCUT2D eigenvalue weighted by Crippen LogP contribution is 2.38. The van der Waals surface area contributed by atoms with Gasteiger partial charge in [-0.3, -0.25) is 10.00 Å². The minimum absolute atomic E-state index is 0.314. The van der Waals surface area contributed by atoms with Crippen molar-refractivity contribution in [2.75, 3.05) is 30.3 Å². The van der Waals surface area contributed by atoms with Crippen LogP contribution in [0.15, 0.2) is 30.3 Å². The van der Waals surface area contributed by atoms with Crippen molar-refractivity contribution in [2.24, 2.45) is 5.41 Å². The fourth-order valence-electron chi connectivity index (χ4n) is 4.99. The number of aromatic amines is 1. The zero-order valence-electron chi connectivity index (χ0n) is 17.4. The van der Waals surface area contributed by atoms with E-state index < -0.39 is 0 Å². The standard InChI is InChI=1S/C23H30N6/c1-23(2)10-6-11-29(15-23)22-19-17-9-12-28(13-16-7-4-3-5-8-16)14-18(17)25-21(24)20(19)26-27-22/h3-5,7-8H,6,9-15H2,1-2H3,(H2,24,25)(H,26,27). The third-order valence-corrected chi connectivity index (χ3v) is 6.41. The molecule has 0 amide bonds. The first-order valence-electron chi connectivity index (χ1n) is 10.7. The fraction of sp³-hybridized carbons (Fsp3) is 0.478. The number of piperidine rings is 1. The molecule has 2 aromatic heterocycles. The molecule has 5 rings (SSSR count). The first-order valence-corrected chi connectivity index (χ1v) is 10.7. The highest BCUT2D eigenvalue weighted by molar-refractivity contribution is 5.99. The Labute approximate surface area is 172 Å². The molecule has 0 bridgehead atoms. The van der Waals surface area contributed by atoms with Gasteiger partial charge in [0.15, 0.2) is 5.82 Å². The van der Waals surface area contributed by atoms with Crippen molar-refractivity contribution in [1.29, 1.82) is 0 Å². The number of hydrogen-bond donors (Lipinski definition) is 2. The van der Waals surface area contributed by atoms with Crippen LogP contribution in [0.5, 0.6) is 0 Å². The lowest BCUT2D eigenvalue weighted by atomic mass is 9.84. The van der Waals surface area contributed by atoms with E-state index in [1.165, 1.54) is 29.4 Å². The third kappa shape index (κ3) is 3.46. The lowest BCUT2D eigenvalue weighted by Crippen LogP contribution is -2.40. The number of rotatable bonds is 3. The maximum atomic E-state index is 6.36. The monoisotopic (exact) mass is 390 g/mol. The Bertz CT molecular complexity index is 1020. The molecule has 4 heterocycles. The molecule has 2 aliphatic heterocycles. The number of fused-ring (bicyclic) bond motifs is 3. The molecule has 0 saturated carbocycles. The number of hydrogen-bond acceptors (Lipinski definition) is 5. The number of nitrogens with zero attached hydrogens (tertiary/aromatic N) is 4. The molecule has 152 valence electrons. The average Bonchev–Trinajstić information content (AvgIpc) is 3.14. The fourth-order valence-corrected chi connectivity index (χ4v) is 4.99. The van der Waals surface area contributed by atoms with Gasteiger partial charge in [0.25, 0.3) is 0 Å². The van der Waals surface area contributed by atoms with Crippen LogP contribution >= 0.6 is 0 Å². The van der Waals surface area contributed by atoms with Crippen LogP contribution in [-0.2, 0) is 19.5 Å². The van der Waals surface area contributed by atoms with E-state index in [4.69, 9.17) is 15.8 Å². The minimum atomic E-state index is 0.314. The Balaban J connectivity index is 1.49. The van der Waals surface area contributed by atoms with Crippen molar-refractivity contribution in [3.8, 4) is 0 Å². The van der Waals surface area contributed by atoms with Gasteiger partial charge in [0.05, 0.1) is 11.1 Å². The highest BCUT2D eigenvalue weighted by Gasteiger charge is 2.31. The quantitative estimate of drug-likeness (QED) is 0.713. The van der Waals surface area contributed by atoms with E-state index in [9.17, 15) is 0 Å². The Morgan fingerprint density at radius 1 is 1.17 bits per heavy atom. The molecule has 0 radical (unpaired) electrons. The molecule has 1 fully saturated rings. The summed E-state index contributed by atoms with van der Waals surface area (Å²) >= 11 is 0. The molecule has 0 atom stereocenters. The number of pyridine rings is 1. The molecule has 2 aliphatic rings. The van der Waals surface area contributed by atoms with Crippen LogP contribution in [0.4, 0.5) is 11.6 Å². The van der Waals surface area contributed by atoms with Gasteiger partial charge in [-0.15, -0.1) is 0 Å². The third-order valence-electron chi connectivity index (χ3n) is 6.41. The van der Waals surface area contributed by atoms with Crippen LogP contribution in [0, 0.1) is 5.41 Å². The second-order valence-corrected chi connectivity index (χ2v) is 9.36. The number of aromatic nitrogens is 3. The Hall–Kier alpha value is -2.60. The van der Waals surface area contributed by atoms with Gasteiger partial charge < -0.3 is 10.6 Å². The molecule has 0 spiro atoms. The van der Waals surface area contributed by atoms with Crippen LogP contribution in [0.3, 0.4) is 0 Å². The number of nitrogens with one attached hydrogen (secondary N) is 1.